The zero-order valence-corrected chi connectivity index (χ0v) is 15.8. The molecule has 0 spiro atoms. The van der Waals surface area contributed by atoms with Gasteiger partial charge in [0.05, 0.1) is 11.4 Å². The van der Waals surface area contributed by atoms with Crippen LogP contribution in [0, 0.1) is 11.6 Å². The van der Waals surface area contributed by atoms with E-state index >= 15 is 0 Å². The molecule has 0 aliphatic carbocycles. The topological polar surface area (TPSA) is 66.5 Å². The fraction of sp³-hybridized carbons (Fsp3) is 0.316. The second kappa shape index (κ2) is 9.57. The molecule has 8 heteroatoms. The average Bonchev–Trinajstić information content (AvgIpc) is 2.60. The molecule has 0 aliphatic heterocycles. The molecule has 0 saturated heterocycles. The predicted molar refractivity (Wildman–Crippen MR) is 101 cm³/mol. The molecule has 0 heterocycles. The van der Waals surface area contributed by atoms with Crippen molar-refractivity contribution in [1.29, 1.82) is 0 Å². The van der Waals surface area contributed by atoms with Crippen LogP contribution in [0.15, 0.2) is 48.5 Å². The van der Waals surface area contributed by atoms with Gasteiger partial charge in [-0.15, -0.1) is 0 Å². The minimum absolute atomic E-state index is 0.0487. The molecule has 0 bridgehead atoms. The quantitative estimate of drug-likeness (QED) is 0.709. The number of hydrogen-bond acceptors (Lipinski definition) is 3. The van der Waals surface area contributed by atoms with Crippen LogP contribution in [-0.4, -0.2) is 33.2 Å². The average molecular weight is 396 g/mol. The lowest BCUT2D eigenvalue weighted by Crippen LogP contribution is -2.38. The van der Waals surface area contributed by atoms with Gasteiger partial charge >= 0.3 is 0 Å². The summed E-state index contributed by atoms with van der Waals surface area (Å²) in [5.41, 5.74) is 0.967. The number of nitrogens with one attached hydrogen (secondary N) is 1. The molecule has 0 aliphatic rings. The molecule has 27 heavy (non-hydrogen) atoms. The molecule has 0 radical (unpaired) electrons. The Kier molecular flexibility index (Phi) is 7.44. The number of carbonyl (C=O) groups is 1. The number of hydrogen-bond donors (Lipinski definition) is 1. The third-order valence-electron chi connectivity index (χ3n) is 3.96. The van der Waals surface area contributed by atoms with Crippen molar-refractivity contribution in [2.45, 2.75) is 19.8 Å². The molecule has 0 saturated carbocycles. The van der Waals surface area contributed by atoms with E-state index < -0.39 is 27.6 Å². The van der Waals surface area contributed by atoms with Crippen molar-refractivity contribution in [2.24, 2.45) is 0 Å². The molecule has 2 aromatic carbocycles. The molecule has 5 nitrogen and oxygen atoms in total. The van der Waals surface area contributed by atoms with Crippen LogP contribution in [0.2, 0.25) is 0 Å². The maximum absolute atomic E-state index is 13.9. The highest BCUT2D eigenvalue weighted by atomic mass is 32.2. The normalized spacial score (nSPS) is 11.4. The van der Waals surface area contributed by atoms with Crippen LogP contribution in [0.5, 0.6) is 0 Å². The van der Waals surface area contributed by atoms with Gasteiger partial charge in [0.2, 0.25) is 15.9 Å². The molecular weight excluding hydrogens is 374 g/mol. The number of aryl methyl sites for hydroxylation is 1. The van der Waals surface area contributed by atoms with Crippen LogP contribution in [0.1, 0.15) is 18.9 Å². The monoisotopic (exact) mass is 396 g/mol. The summed E-state index contributed by atoms with van der Waals surface area (Å²) in [5.74, 6) is -2.15. The lowest BCUT2D eigenvalue weighted by Gasteiger charge is -2.22. The lowest BCUT2D eigenvalue weighted by molar-refractivity contribution is -0.116. The van der Waals surface area contributed by atoms with Gasteiger partial charge in [0.15, 0.2) is 0 Å². The largest absolute Gasteiger partial charge is 0.309 e. The SMILES string of the molecule is CC(=O)N(CCNS(=O)(=O)CCCc1ccccc1)c1ccc(F)cc1F. The van der Waals surface area contributed by atoms with Gasteiger partial charge in [-0.05, 0) is 30.5 Å². The number of amides is 1. The number of rotatable bonds is 9. The van der Waals surface area contributed by atoms with Crippen LogP contribution < -0.4 is 9.62 Å². The zero-order chi connectivity index (χ0) is 19.9. The Morgan fingerprint density at radius 2 is 1.81 bits per heavy atom. The molecule has 0 aromatic heterocycles. The molecule has 0 unspecified atom stereocenters. The van der Waals surface area contributed by atoms with E-state index in [9.17, 15) is 22.0 Å². The summed E-state index contributed by atoms with van der Waals surface area (Å²) in [6.07, 6.45) is 1.10. The molecule has 1 N–H and O–H groups in total. The van der Waals surface area contributed by atoms with Gasteiger partial charge < -0.3 is 4.90 Å². The summed E-state index contributed by atoms with van der Waals surface area (Å²) in [5, 5.41) is 0. The van der Waals surface area contributed by atoms with Gasteiger partial charge in [0, 0.05) is 26.1 Å². The first-order valence-corrected chi connectivity index (χ1v) is 10.2. The van der Waals surface area contributed by atoms with Crippen molar-refractivity contribution >= 4 is 21.6 Å². The first kappa shape index (κ1) is 21.0. The summed E-state index contributed by atoms with van der Waals surface area (Å²) in [7, 11) is -3.51. The van der Waals surface area contributed by atoms with Crippen molar-refractivity contribution in [3.63, 3.8) is 0 Å². The van der Waals surface area contributed by atoms with E-state index in [-0.39, 0.29) is 24.5 Å². The summed E-state index contributed by atoms with van der Waals surface area (Å²) in [6.45, 7) is 1.11. The van der Waals surface area contributed by atoms with Gasteiger partial charge in [0.25, 0.3) is 0 Å². The Morgan fingerprint density at radius 1 is 1.11 bits per heavy atom. The zero-order valence-electron chi connectivity index (χ0n) is 15.0. The maximum Gasteiger partial charge on any atom is 0.223 e. The molecule has 2 aromatic rings. The third-order valence-corrected chi connectivity index (χ3v) is 5.43. The van der Waals surface area contributed by atoms with Crippen LogP contribution >= 0.6 is 0 Å². The second-order valence-corrected chi connectivity index (χ2v) is 8.00. The van der Waals surface area contributed by atoms with Crippen molar-refractivity contribution in [3.8, 4) is 0 Å². The van der Waals surface area contributed by atoms with Crippen LogP contribution in [0.25, 0.3) is 0 Å². The maximum atomic E-state index is 13.9. The van der Waals surface area contributed by atoms with Crippen LogP contribution in [-0.2, 0) is 21.2 Å². The Bertz CT molecular complexity index is 874. The Labute approximate surface area is 158 Å². The van der Waals surface area contributed by atoms with Crippen molar-refractivity contribution in [3.05, 3.63) is 65.7 Å². The standard InChI is InChI=1S/C19H22F2N2O3S/c1-15(24)23(19-10-9-17(20)14-18(19)21)12-11-22-27(25,26)13-5-8-16-6-3-2-4-7-16/h2-4,6-7,9-10,14,22H,5,8,11-13H2,1H3. The Morgan fingerprint density at radius 3 is 2.44 bits per heavy atom. The van der Waals surface area contributed by atoms with E-state index in [0.717, 1.165) is 22.6 Å². The molecule has 0 fully saturated rings. The van der Waals surface area contributed by atoms with Gasteiger partial charge in [-0.25, -0.2) is 21.9 Å². The number of halogens is 2. The predicted octanol–water partition coefficient (Wildman–Crippen LogP) is 2.87. The van der Waals surface area contributed by atoms with Crippen molar-refractivity contribution in [1.82, 2.24) is 4.72 Å². The van der Waals surface area contributed by atoms with Crippen molar-refractivity contribution in [2.75, 3.05) is 23.7 Å². The molecular formula is C19H22F2N2O3S. The fourth-order valence-electron chi connectivity index (χ4n) is 2.64. The number of carbonyl (C=O) groups excluding carboxylic acids is 1. The van der Waals surface area contributed by atoms with Gasteiger partial charge in [0.1, 0.15) is 11.6 Å². The van der Waals surface area contributed by atoms with Crippen LogP contribution in [0.4, 0.5) is 14.5 Å². The Balaban J connectivity index is 1.87. The van der Waals surface area contributed by atoms with Gasteiger partial charge in [-0.3, -0.25) is 4.79 Å². The third kappa shape index (κ3) is 6.73. The second-order valence-electron chi connectivity index (χ2n) is 6.07. The highest BCUT2D eigenvalue weighted by molar-refractivity contribution is 7.89. The van der Waals surface area contributed by atoms with Crippen molar-refractivity contribution < 1.29 is 22.0 Å². The molecule has 0 atom stereocenters. The first-order chi connectivity index (χ1) is 12.8. The minimum atomic E-state index is -3.51. The Hall–Kier alpha value is -2.32. The smallest absolute Gasteiger partial charge is 0.223 e. The van der Waals surface area contributed by atoms with E-state index in [4.69, 9.17) is 0 Å². The number of nitrogens with zero attached hydrogens (tertiary/aromatic N) is 1. The van der Waals surface area contributed by atoms with E-state index in [1.54, 1.807) is 0 Å². The first-order valence-electron chi connectivity index (χ1n) is 8.53. The van der Waals surface area contributed by atoms with E-state index in [1.807, 2.05) is 30.3 Å². The van der Waals surface area contributed by atoms with E-state index in [2.05, 4.69) is 4.72 Å². The molecule has 2 rings (SSSR count). The van der Waals surface area contributed by atoms with E-state index in [0.29, 0.717) is 18.9 Å². The summed E-state index contributed by atoms with van der Waals surface area (Å²) < 4.78 is 53.5. The summed E-state index contributed by atoms with van der Waals surface area (Å²) in [4.78, 5) is 12.8. The fourth-order valence-corrected chi connectivity index (χ4v) is 3.71. The molecule has 146 valence electrons. The minimum Gasteiger partial charge on any atom is -0.309 e. The number of sulfonamides is 1. The highest BCUT2D eigenvalue weighted by Crippen LogP contribution is 2.20. The highest BCUT2D eigenvalue weighted by Gasteiger charge is 2.17. The number of anilines is 1. The van der Waals surface area contributed by atoms with E-state index in [1.165, 1.54) is 6.92 Å². The molecule has 1 amide bonds. The summed E-state index contributed by atoms with van der Waals surface area (Å²) in [6, 6.07) is 12.4. The van der Waals surface area contributed by atoms with Gasteiger partial charge in [-0.1, -0.05) is 30.3 Å². The van der Waals surface area contributed by atoms with Crippen LogP contribution in [0.3, 0.4) is 0 Å². The lowest BCUT2D eigenvalue weighted by atomic mass is 10.1. The van der Waals surface area contributed by atoms with Gasteiger partial charge in [-0.2, -0.15) is 0 Å². The summed E-state index contributed by atoms with van der Waals surface area (Å²) >= 11 is 0. The number of benzene rings is 2.